The molecule has 0 saturated heterocycles. The molecule has 21 heavy (non-hydrogen) atoms. The summed E-state index contributed by atoms with van der Waals surface area (Å²) in [5, 5.41) is 1.76. The number of halogens is 2. The van der Waals surface area contributed by atoms with Crippen LogP contribution in [-0.4, -0.2) is 6.04 Å². The number of nitrogens with two attached hydrogens (primary N) is 1. The molecule has 0 aliphatic carbocycles. The summed E-state index contributed by atoms with van der Waals surface area (Å²) >= 11 is 13.9. The van der Waals surface area contributed by atoms with Gasteiger partial charge in [-0.15, -0.1) is 11.8 Å². The Bertz CT molecular complexity index is 571. The zero-order chi connectivity index (χ0) is 15.2. The smallest absolute Gasteiger partial charge is 0.0452 e. The maximum atomic E-state index is 6.30. The highest BCUT2D eigenvalue weighted by Gasteiger charge is 2.19. The van der Waals surface area contributed by atoms with Gasteiger partial charge in [-0.05, 0) is 41.8 Å². The van der Waals surface area contributed by atoms with Crippen LogP contribution in [0, 0.1) is 0 Å². The first-order chi connectivity index (χ1) is 10.1. The summed E-state index contributed by atoms with van der Waals surface area (Å²) < 4.78 is 0. The third kappa shape index (κ3) is 4.93. The lowest BCUT2D eigenvalue weighted by molar-refractivity contribution is 0.634. The van der Waals surface area contributed by atoms with E-state index < -0.39 is 0 Å². The van der Waals surface area contributed by atoms with Crippen molar-refractivity contribution in [3.8, 4) is 0 Å². The van der Waals surface area contributed by atoms with E-state index >= 15 is 0 Å². The largest absolute Gasteiger partial charge is 0.326 e. The van der Waals surface area contributed by atoms with Crippen LogP contribution in [0.15, 0.2) is 48.5 Å². The highest BCUT2D eigenvalue weighted by Crippen LogP contribution is 2.36. The summed E-state index contributed by atoms with van der Waals surface area (Å²) in [4.78, 5) is 0. The Balaban J connectivity index is 2.11. The van der Waals surface area contributed by atoms with Crippen LogP contribution in [0.4, 0.5) is 0 Å². The first-order valence-electron chi connectivity index (χ1n) is 6.97. The zero-order valence-electron chi connectivity index (χ0n) is 11.9. The number of thioether (sulfide) groups is 1. The van der Waals surface area contributed by atoms with Gasteiger partial charge in [0, 0.05) is 27.1 Å². The highest BCUT2D eigenvalue weighted by atomic mass is 35.5. The Morgan fingerprint density at radius 2 is 1.76 bits per heavy atom. The minimum Gasteiger partial charge on any atom is -0.326 e. The van der Waals surface area contributed by atoms with Gasteiger partial charge in [0.15, 0.2) is 0 Å². The van der Waals surface area contributed by atoms with Crippen molar-refractivity contribution in [3.63, 3.8) is 0 Å². The third-order valence-electron chi connectivity index (χ3n) is 3.38. The lowest BCUT2D eigenvalue weighted by Crippen LogP contribution is -2.25. The van der Waals surface area contributed by atoms with Crippen LogP contribution in [0.3, 0.4) is 0 Å². The maximum absolute atomic E-state index is 6.30. The summed E-state index contributed by atoms with van der Waals surface area (Å²) in [5.74, 6) is 0.905. The molecule has 2 aromatic carbocycles. The third-order valence-corrected chi connectivity index (χ3v) is 5.35. The zero-order valence-corrected chi connectivity index (χ0v) is 14.3. The van der Waals surface area contributed by atoms with Crippen LogP contribution in [0.5, 0.6) is 0 Å². The van der Waals surface area contributed by atoms with E-state index in [1.54, 1.807) is 0 Å². The topological polar surface area (TPSA) is 26.0 Å². The molecule has 0 aliphatic rings. The van der Waals surface area contributed by atoms with Crippen LogP contribution < -0.4 is 5.73 Å². The summed E-state index contributed by atoms with van der Waals surface area (Å²) in [6, 6.07) is 16.1. The highest BCUT2D eigenvalue weighted by molar-refractivity contribution is 7.98. The minimum absolute atomic E-state index is 0.112. The molecule has 2 unspecified atom stereocenters. The van der Waals surface area contributed by atoms with Gasteiger partial charge in [-0.3, -0.25) is 0 Å². The maximum Gasteiger partial charge on any atom is 0.0452 e. The molecule has 112 valence electrons. The summed E-state index contributed by atoms with van der Waals surface area (Å²) in [6.07, 6.45) is 0.935. The van der Waals surface area contributed by atoms with E-state index in [4.69, 9.17) is 28.9 Å². The molecule has 0 aromatic heterocycles. The quantitative estimate of drug-likeness (QED) is 0.729. The van der Waals surface area contributed by atoms with Gasteiger partial charge in [-0.25, -0.2) is 0 Å². The van der Waals surface area contributed by atoms with Crippen molar-refractivity contribution in [2.24, 2.45) is 5.73 Å². The van der Waals surface area contributed by atoms with Crippen molar-refractivity contribution in [1.82, 2.24) is 0 Å². The van der Waals surface area contributed by atoms with Gasteiger partial charge in [0.25, 0.3) is 0 Å². The van der Waals surface area contributed by atoms with Crippen LogP contribution in [-0.2, 0) is 5.75 Å². The predicted molar refractivity (Wildman–Crippen MR) is 95.2 cm³/mol. The second-order valence-corrected chi connectivity index (χ2v) is 6.99. The van der Waals surface area contributed by atoms with E-state index in [2.05, 4.69) is 25.1 Å². The molecule has 4 heteroatoms. The van der Waals surface area contributed by atoms with Crippen LogP contribution in [0.1, 0.15) is 29.7 Å². The van der Waals surface area contributed by atoms with E-state index in [1.807, 2.05) is 42.1 Å². The van der Waals surface area contributed by atoms with Crippen molar-refractivity contribution in [2.45, 2.75) is 30.4 Å². The Kier molecular flexibility index (Phi) is 6.43. The van der Waals surface area contributed by atoms with Crippen molar-refractivity contribution in [3.05, 3.63) is 69.7 Å². The lowest BCUT2D eigenvalue weighted by Gasteiger charge is -2.23. The first kappa shape index (κ1) is 16.7. The average molecular weight is 340 g/mol. The SMILES string of the molecule is CCC(N)C(SCc1ccc(Cl)cc1)c1cccc(Cl)c1. The van der Waals surface area contributed by atoms with E-state index in [0.717, 1.165) is 22.2 Å². The van der Waals surface area contributed by atoms with Crippen molar-refractivity contribution < 1.29 is 0 Å². The molecule has 0 aliphatic heterocycles. The summed E-state index contributed by atoms with van der Waals surface area (Å²) in [5.41, 5.74) is 8.74. The first-order valence-corrected chi connectivity index (χ1v) is 8.77. The van der Waals surface area contributed by atoms with Gasteiger partial charge in [0.05, 0.1) is 0 Å². The second-order valence-electron chi connectivity index (χ2n) is 4.99. The van der Waals surface area contributed by atoms with Crippen molar-refractivity contribution >= 4 is 35.0 Å². The van der Waals surface area contributed by atoms with Crippen LogP contribution in [0.25, 0.3) is 0 Å². The van der Waals surface area contributed by atoms with Gasteiger partial charge < -0.3 is 5.73 Å². The lowest BCUT2D eigenvalue weighted by atomic mass is 10.0. The van der Waals surface area contributed by atoms with Gasteiger partial charge in [0.2, 0.25) is 0 Å². The van der Waals surface area contributed by atoms with E-state index in [-0.39, 0.29) is 11.3 Å². The molecular formula is C17H19Cl2NS. The van der Waals surface area contributed by atoms with Gasteiger partial charge >= 0.3 is 0 Å². The Hall–Kier alpha value is -0.670. The summed E-state index contributed by atoms with van der Waals surface area (Å²) in [6.45, 7) is 2.12. The molecule has 1 nitrogen and oxygen atoms in total. The van der Waals surface area contributed by atoms with Crippen LogP contribution >= 0.6 is 35.0 Å². The fourth-order valence-electron chi connectivity index (χ4n) is 2.13. The minimum atomic E-state index is 0.112. The predicted octanol–water partition coefficient (Wildman–Crippen LogP) is 5.71. The molecule has 0 heterocycles. The summed E-state index contributed by atoms with van der Waals surface area (Å²) in [7, 11) is 0. The van der Waals surface area contributed by atoms with Gasteiger partial charge in [-0.1, -0.05) is 54.4 Å². The molecule has 2 atom stereocenters. The van der Waals surface area contributed by atoms with Gasteiger partial charge in [0.1, 0.15) is 0 Å². The van der Waals surface area contributed by atoms with Gasteiger partial charge in [-0.2, -0.15) is 0 Å². The molecule has 0 radical (unpaired) electrons. The second kappa shape index (κ2) is 8.09. The van der Waals surface area contributed by atoms with E-state index in [1.165, 1.54) is 11.1 Å². The number of hydrogen-bond acceptors (Lipinski definition) is 2. The molecule has 0 bridgehead atoms. The molecule has 0 spiro atoms. The van der Waals surface area contributed by atoms with E-state index in [9.17, 15) is 0 Å². The molecule has 2 aromatic rings. The average Bonchev–Trinajstić information content (AvgIpc) is 2.49. The molecule has 2 N–H and O–H groups in total. The molecule has 0 saturated carbocycles. The van der Waals surface area contributed by atoms with Crippen LogP contribution in [0.2, 0.25) is 10.0 Å². The van der Waals surface area contributed by atoms with Crippen molar-refractivity contribution in [1.29, 1.82) is 0 Å². The molecule has 0 fully saturated rings. The molecule has 2 rings (SSSR count). The van der Waals surface area contributed by atoms with E-state index in [0.29, 0.717) is 0 Å². The molecular weight excluding hydrogens is 321 g/mol. The Morgan fingerprint density at radius 3 is 2.38 bits per heavy atom. The fourth-order valence-corrected chi connectivity index (χ4v) is 3.80. The number of benzene rings is 2. The fraction of sp³-hybridized carbons (Fsp3) is 0.294. The normalized spacial score (nSPS) is 13.9. The Labute approximate surface area is 140 Å². The Morgan fingerprint density at radius 1 is 1.05 bits per heavy atom. The van der Waals surface area contributed by atoms with Crippen molar-refractivity contribution in [2.75, 3.05) is 0 Å². The standard InChI is InChI=1S/C17H19Cl2NS/c1-2-16(20)17(13-4-3-5-15(19)10-13)21-11-12-6-8-14(18)9-7-12/h3-10,16-17H,2,11,20H2,1H3. The number of rotatable bonds is 6. The molecule has 0 amide bonds. The number of hydrogen-bond donors (Lipinski definition) is 1. The monoisotopic (exact) mass is 339 g/mol.